The first-order valence-corrected chi connectivity index (χ1v) is 7.45. The molecule has 2 bridgehead atoms. The molecule has 19 heavy (non-hydrogen) atoms. The third-order valence-electron chi connectivity index (χ3n) is 4.87. The Morgan fingerprint density at radius 1 is 1.16 bits per heavy atom. The van der Waals surface area contributed by atoms with Crippen LogP contribution < -0.4 is 5.32 Å². The Labute approximate surface area is 115 Å². The van der Waals surface area contributed by atoms with E-state index in [1.807, 2.05) is 12.1 Å². The van der Waals surface area contributed by atoms with E-state index in [9.17, 15) is 5.11 Å². The molecule has 2 fully saturated rings. The topological polar surface area (TPSA) is 35.5 Å². The van der Waals surface area contributed by atoms with Crippen molar-refractivity contribution in [3.63, 3.8) is 0 Å². The summed E-state index contributed by atoms with van der Waals surface area (Å²) >= 11 is 0. The molecule has 3 rings (SSSR count). The fourth-order valence-corrected chi connectivity index (χ4v) is 3.66. The van der Waals surface area contributed by atoms with E-state index in [0.717, 1.165) is 18.6 Å². The minimum Gasteiger partial charge on any atom is -0.508 e. The summed E-state index contributed by atoms with van der Waals surface area (Å²) in [6, 6.07) is 9.74. The van der Waals surface area contributed by atoms with Gasteiger partial charge in [0.05, 0.1) is 0 Å². The molecule has 2 saturated heterocycles. The zero-order valence-corrected chi connectivity index (χ0v) is 11.7. The van der Waals surface area contributed by atoms with Gasteiger partial charge in [-0.2, -0.15) is 0 Å². The summed E-state index contributed by atoms with van der Waals surface area (Å²) in [5, 5.41) is 13.0. The average Bonchev–Trinajstić information content (AvgIpc) is 2.39. The first-order chi connectivity index (χ1) is 9.22. The van der Waals surface area contributed by atoms with Gasteiger partial charge in [-0.25, -0.2) is 0 Å². The van der Waals surface area contributed by atoms with Gasteiger partial charge in [0.1, 0.15) is 5.75 Å². The number of nitrogens with one attached hydrogen (secondary N) is 1. The number of piperidine rings is 2. The molecule has 3 nitrogen and oxygen atoms in total. The fraction of sp³-hybridized carbons (Fsp3) is 0.625. The molecule has 0 aromatic heterocycles. The highest BCUT2D eigenvalue weighted by atomic mass is 16.3. The van der Waals surface area contributed by atoms with Gasteiger partial charge in [0.25, 0.3) is 0 Å². The largest absolute Gasteiger partial charge is 0.508 e. The van der Waals surface area contributed by atoms with E-state index in [4.69, 9.17) is 0 Å². The number of aromatic hydroxyl groups is 1. The van der Waals surface area contributed by atoms with E-state index >= 15 is 0 Å². The van der Waals surface area contributed by atoms with E-state index in [1.54, 1.807) is 12.1 Å². The number of nitrogens with zero attached hydrogens (tertiary/aromatic N) is 1. The van der Waals surface area contributed by atoms with Crippen LogP contribution in [0.4, 0.5) is 0 Å². The lowest BCUT2D eigenvalue weighted by atomic mass is 9.82. The normalized spacial score (nSPS) is 31.3. The second-order valence-corrected chi connectivity index (χ2v) is 6.12. The Hall–Kier alpha value is -1.06. The fourth-order valence-electron chi connectivity index (χ4n) is 3.66. The van der Waals surface area contributed by atoms with E-state index in [1.165, 1.54) is 37.7 Å². The standard InChI is InChI=1S/C16H24N2O/c1-18-14-3-2-4-15(18)10-13(9-14)17-11-12-5-7-16(19)8-6-12/h5-8,13-15,17,19H,2-4,9-11H2,1H3. The van der Waals surface area contributed by atoms with Crippen molar-refractivity contribution in [1.29, 1.82) is 0 Å². The lowest BCUT2D eigenvalue weighted by molar-refractivity contribution is 0.0482. The van der Waals surface area contributed by atoms with Crippen LogP contribution in [0.15, 0.2) is 24.3 Å². The first-order valence-electron chi connectivity index (χ1n) is 7.45. The summed E-state index contributed by atoms with van der Waals surface area (Å²) in [5.41, 5.74) is 1.25. The monoisotopic (exact) mass is 260 g/mol. The molecular weight excluding hydrogens is 236 g/mol. The minimum absolute atomic E-state index is 0.345. The minimum atomic E-state index is 0.345. The lowest BCUT2D eigenvalue weighted by Crippen LogP contribution is -2.54. The van der Waals surface area contributed by atoms with Crippen molar-refractivity contribution in [1.82, 2.24) is 10.2 Å². The number of phenolic OH excluding ortho intramolecular Hbond substituents is 1. The van der Waals surface area contributed by atoms with E-state index in [-0.39, 0.29) is 0 Å². The number of hydrogen-bond donors (Lipinski definition) is 2. The maximum atomic E-state index is 9.29. The maximum Gasteiger partial charge on any atom is 0.115 e. The molecule has 1 aromatic rings. The van der Waals surface area contributed by atoms with Crippen molar-refractivity contribution in [2.45, 2.75) is 56.8 Å². The Morgan fingerprint density at radius 3 is 2.42 bits per heavy atom. The molecule has 2 aliphatic rings. The van der Waals surface area contributed by atoms with Gasteiger partial charge >= 0.3 is 0 Å². The molecule has 2 unspecified atom stereocenters. The quantitative estimate of drug-likeness (QED) is 0.876. The molecule has 0 saturated carbocycles. The highest BCUT2D eigenvalue weighted by Crippen LogP contribution is 2.32. The molecule has 104 valence electrons. The third-order valence-corrected chi connectivity index (χ3v) is 4.87. The number of rotatable bonds is 3. The van der Waals surface area contributed by atoms with Crippen LogP contribution in [0.3, 0.4) is 0 Å². The van der Waals surface area contributed by atoms with Crippen molar-refractivity contribution in [3.05, 3.63) is 29.8 Å². The van der Waals surface area contributed by atoms with Crippen molar-refractivity contribution in [2.75, 3.05) is 7.05 Å². The summed E-state index contributed by atoms with van der Waals surface area (Å²) in [4.78, 5) is 2.60. The number of benzene rings is 1. The third kappa shape index (κ3) is 2.93. The van der Waals surface area contributed by atoms with Crippen LogP contribution in [0.2, 0.25) is 0 Å². The van der Waals surface area contributed by atoms with Crippen LogP contribution in [-0.4, -0.2) is 35.2 Å². The van der Waals surface area contributed by atoms with Crippen LogP contribution >= 0.6 is 0 Å². The van der Waals surface area contributed by atoms with Crippen molar-refractivity contribution < 1.29 is 5.11 Å². The van der Waals surface area contributed by atoms with Gasteiger partial charge in [0.15, 0.2) is 0 Å². The van der Waals surface area contributed by atoms with Crippen LogP contribution in [-0.2, 0) is 6.54 Å². The molecule has 1 aromatic carbocycles. The number of hydrogen-bond acceptors (Lipinski definition) is 3. The zero-order valence-electron chi connectivity index (χ0n) is 11.7. The maximum absolute atomic E-state index is 9.29. The van der Waals surface area contributed by atoms with Crippen molar-refractivity contribution >= 4 is 0 Å². The molecule has 0 spiro atoms. The SMILES string of the molecule is CN1C2CCCC1CC(NCc1ccc(O)cc1)C2. The van der Waals surface area contributed by atoms with E-state index in [2.05, 4.69) is 17.3 Å². The molecule has 2 N–H and O–H groups in total. The van der Waals surface area contributed by atoms with Gasteiger partial charge in [0.2, 0.25) is 0 Å². The Kier molecular flexibility index (Phi) is 3.76. The predicted molar refractivity (Wildman–Crippen MR) is 77.2 cm³/mol. The van der Waals surface area contributed by atoms with Crippen LogP contribution in [0.5, 0.6) is 5.75 Å². The van der Waals surface area contributed by atoms with Gasteiger partial charge in [-0.05, 0) is 50.4 Å². The molecule has 0 aliphatic carbocycles. The second-order valence-electron chi connectivity index (χ2n) is 6.12. The van der Waals surface area contributed by atoms with Gasteiger partial charge in [-0.1, -0.05) is 18.6 Å². The Bertz CT molecular complexity index is 403. The summed E-state index contributed by atoms with van der Waals surface area (Å²) in [5.74, 6) is 0.345. The molecule has 0 radical (unpaired) electrons. The number of fused-ring (bicyclic) bond motifs is 2. The number of phenols is 1. The summed E-state index contributed by atoms with van der Waals surface area (Å²) < 4.78 is 0. The molecular formula is C16H24N2O. The summed E-state index contributed by atoms with van der Waals surface area (Å²) in [7, 11) is 2.30. The predicted octanol–water partition coefficient (Wildman–Crippen LogP) is 2.50. The Morgan fingerprint density at radius 2 is 1.79 bits per heavy atom. The van der Waals surface area contributed by atoms with Gasteiger partial charge in [-0.15, -0.1) is 0 Å². The smallest absolute Gasteiger partial charge is 0.115 e. The van der Waals surface area contributed by atoms with E-state index < -0.39 is 0 Å². The lowest BCUT2D eigenvalue weighted by Gasteiger charge is -2.47. The first kappa shape index (κ1) is 12.9. The Balaban J connectivity index is 1.55. The second kappa shape index (κ2) is 5.51. The molecule has 2 aliphatic heterocycles. The van der Waals surface area contributed by atoms with Crippen LogP contribution in [0.25, 0.3) is 0 Å². The van der Waals surface area contributed by atoms with Gasteiger partial charge < -0.3 is 15.3 Å². The molecule has 3 heteroatoms. The molecule has 2 heterocycles. The van der Waals surface area contributed by atoms with Gasteiger partial charge in [0, 0.05) is 24.7 Å². The zero-order chi connectivity index (χ0) is 13.2. The van der Waals surface area contributed by atoms with Crippen LogP contribution in [0.1, 0.15) is 37.7 Å². The van der Waals surface area contributed by atoms with Crippen molar-refractivity contribution in [3.8, 4) is 5.75 Å². The highest BCUT2D eigenvalue weighted by Gasteiger charge is 2.35. The summed E-state index contributed by atoms with van der Waals surface area (Å²) in [6.45, 7) is 0.911. The highest BCUT2D eigenvalue weighted by molar-refractivity contribution is 5.25. The van der Waals surface area contributed by atoms with E-state index in [0.29, 0.717) is 11.8 Å². The van der Waals surface area contributed by atoms with Crippen molar-refractivity contribution in [2.24, 2.45) is 0 Å². The summed E-state index contributed by atoms with van der Waals surface area (Å²) in [6.07, 6.45) is 6.70. The van der Waals surface area contributed by atoms with Crippen LogP contribution in [0, 0.1) is 0 Å². The molecule has 0 amide bonds. The average molecular weight is 260 g/mol. The van der Waals surface area contributed by atoms with Gasteiger partial charge in [-0.3, -0.25) is 0 Å². The molecule has 2 atom stereocenters.